The van der Waals surface area contributed by atoms with E-state index in [1.54, 1.807) is 6.20 Å². The smallest absolute Gasteiger partial charge is 0.224 e. The van der Waals surface area contributed by atoms with E-state index in [4.69, 9.17) is 0 Å². The van der Waals surface area contributed by atoms with Gasteiger partial charge in [0.05, 0.1) is 18.2 Å². The number of carbonyl (C=O) groups excluding carboxylic acids is 1. The quantitative estimate of drug-likeness (QED) is 0.854. The predicted molar refractivity (Wildman–Crippen MR) is 71.5 cm³/mol. The highest BCUT2D eigenvalue weighted by atomic mass is 35.5. The molecule has 1 amide bonds. The Balaban J connectivity index is 0.00000162. The van der Waals surface area contributed by atoms with Gasteiger partial charge in [0.2, 0.25) is 5.91 Å². The Kier molecular flexibility index (Phi) is 6.01. The molecule has 0 spiro atoms. The molecule has 0 bridgehead atoms. The molecule has 18 heavy (non-hydrogen) atoms. The van der Waals surface area contributed by atoms with Crippen molar-refractivity contribution in [2.75, 3.05) is 13.1 Å². The second-order valence-corrected chi connectivity index (χ2v) is 4.36. The molecule has 2 N–H and O–H groups in total. The second-order valence-electron chi connectivity index (χ2n) is 4.36. The monoisotopic (exact) mass is 270 g/mol. The number of aromatic nitrogens is 2. The first-order valence-corrected chi connectivity index (χ1v) is 6.02. The summed E-state index contributed by atoms with van der Waals surface area (Å²) in [5.41, 5.74) is 0.856. The van der Waals surface area contributed by atoms with E-state index in [-0.39, 0.29) is 24.2 Å². The van der Waals surface area contributed by atoms with E-state index >= 15 is 0 Å². The third kappa shape index (κ3) is 4.23. The molecule has 1 saturated heterocycles. The topological polar surface area (TPSA) is 66.9 Å². The summed E-state index contributed by atoms with van der Waals surface area (Å²) >= 11 is 0. The number of amides is 1. The van der Waals surface area contributed by atoms with Crippen molar-refractivity contribution in [2.24, 2.45) is 5.92 Å². The van der Waals surface area contributed by atoms with Gasteiger partial charge >= 0.3 is 0 Å². The van der Waals surface area contributed by atoms with E-state index in [1.807, 2.05) is 13.0 Å². The molecule has 0 saturated carbocycles. The van der Waals surface area contributed by atoms with Crippen molar-refractivity contribution in [3.8, 4) is 0 Å². The summed E-state index contributed by atoms with van der Waals surface area (Å²) in [6, 6.07) is 1.83. The highest BCUT2D eigenvalue weighted by Crippen LogP contribution is 2.09. The normalized spacial score (nSPS) is 18.8. The summed E-state index contributed by atoms with van der Waals surface area (Å²) in [6.07, 6.45) is 3.76. The van der Waals surface area contributed by atoms with Crippen LogP contribution in [0.5, 0.6) is 0 Å². The fourth-order valence-corrected chi connectivity index (χ4v) is 2.00. The standard InChI is InChI=1S/C12H18N4O.ClH/c1-9-14-6-4-11(16-9)8-15-12(17)10-3-2-5-13-7-10;/h4,6,10,13H,2-3,5,7-8H2,1H3,(H,15,17);1H. The molecule has 5 nitrogen and oxygen atoms in total. The number of rotatable bonds is 3. The summed E-state index contributed by atoms with van der Waals surface area (Å²) in [6.45, 7) is 4.14. The molecule has 0 aliphatic carbocycles. The van der Waals surface area contributed by atoms with Crippen LogP contribution in [0.4, 0.5) is 0 Å². The molecular weight excluding hydrogens is 252 g/mol. The molecule has 2 rings (SSSR count). The molecule has 1 atom stereocenters. The Labute approximate surface area is 113 Å². The maximum atomic E-state index is 11.9. The van der Waals surface area contributed by atoms with Crippen molar-refractivity contribution < 1.29 is 4.79 Å². The average molecular weight is 271 g/mol. The minimum absolute atomic E-state index is 0. The van der Waals surface area contributed by atoms with Crippen molar-refractivity contribution in [3.63, 3.8) is 0 Å². The van der Waals surface area contributed by atoms with Crippen LogP contribution in [0.3, 0.4) is 0 Å². The zero-order valence-corrected chi connectivity index (χ0v) is 11.3. The van der Waals surface area contributed by atoms with Crippen LogP contribution in [-0.2, 0) is 11.3 Å². The average Bonchev–Trinajstić information content (AvgIpc) is 2.37. The number of hydrogen-bond acceptors (Lipinski definition) is 4. The van der Waals surface area contributed by atoms with Gasteiger partial charge in [0, 0.05) is 12.7 Å². The lowest BCUT2D eigenvalue weighted by molar-refractivity contribution is -0.125. The van der Waals surface area contributed by atoms with E-state index in [0.717, 1.165) is 37.4 Å². The Hall–Kier alpha value is -1.20. The molecule has 0 radical (unpaired) electrons. The Bertz CT molecular complexity index is 393. The van der Waals surface area contributed by atoms with Gasteiger partial charge in [0.1, 0.15) is 5.82 Å². The summed E-state index contributed by atoms with van der Waals surface area (Å²) in [5.74, 6) is 0.955. The van der Waals surface area contributed by atoms with Crippen molar-refractivity contribution in [2.45, 2.75) is 26.3 Å². The maximum Gasteiger partial charge on any atom is 0.224 e. The first-order chi connectivity index (χ1) is 8.25. The van der Waals surface area contributed by atoms with Gasteiger partial charge in [0.15, 0.2) is 0 Å². The van der Waals surface area contributed by atoms with Crippen molar-refractivity contribution in [3.05, 3.63) is 23.8 Å². The first kappa shape index (κ1) is 14.9. The second kappa shape index (κ2) is 7.28. The van der Waals surface area contributed by atoms with E-state index in [1.165, 1.54) is 0 Å². The third-order valence-corrected chi connectivity index (χ3v) is 2.95. The van der Waals surface area contributed by atoms with E-state index in [9.17, 15) is 4.79 Å². The number of nitrogens with zero attached hydrogens (tertiary/aromatic N) is 2. The first-order valence-electron chi connectivity index (χ1n) is 6.02. The van der Waals surface area contributed by atoms with Crippen molar-refractivity contribution in [1.82, 2.24) is 20.6 Å². The van der Waals surface area contributed by atoms with Gasteiger partial charge in [-0.2, -0.15) is 0 Å². The van der Waals surface area contributed by atoms with E-state index < -0.39 is 0 Å². The van der Waals surface area contributed by atoms with Crippen LogP contribution in [0.15, 0.2) is 12.3 Å². The molecule has 1 aromatic heterocycles. The van der Waals surface area contributed by atoms with Crippen molar-refractivity contribution >= 4 is 18.3 Å². The fraction of sp³-hybridized carbons (Fsp3) is 0.583. The zero-order valence-electron chi connectivity index (χ0n) is 10.5. The highest BCUT2D eigenvalue weighted by molar-refractivity contribution is 5.85. The molecule has 100 valence electrons. The lowest BCUT2D eigenvalue weighted by atomic mass is 9.99. The van der Waals surface area contributed by atoms with Gasteiger partial charge in [-0.3, -0.25) is 4.79 Å². The minimum Gasteiger partial charge on any atom is -0.350 e. The Morgan fingerprint density at radius 2 is 2.44 bits per heavy atom. The number of nitrogens with one attached hydrogen (secondary N) is 2. The summed E-state index contributed by atoms with van der Waals surface area (Å²) in [7, 11) is 0. The van der Waals surface area contributed by atoms with Crippen LogP contribution in [-0.4, -0.2) is 29.0 Å². The van der Waals surface area contributed by atoms with Gasteiger partial charge in [0.25, 0.3) is 0 Å². The molecule has 1 aliphatic rings. The molecule has 1 fully saturated rings. The van der Waals surface area contributed by atoms with Crippen molar-refractivity contribution in [1.29, 1.82) is 0 Å². The molecule has 1 aromatic rings. The molecule has 1 unspecified atom stereocenters. The fourth-order valence-electron chi connectivity index (χ4n) is 2.00. The summed E-state index contributed by atoms with van der Waals surface area (Å²) in [5, 5.41) is 6.16. The number of piperidine rings is 1. The van der Waals surface area contributed by atoms with Crippen LogP contribution in [0.1, 0.15) is 24.4 Å². The Morgan fingerprint density at radius 1 is 1.61 bits per heavy atom. The molecule has 1 aliphatic heterocycles. The van der Waals surface area contributed by atoms with Crippen LogP contribution < -0.4 is 10.6 Å². The van der Waals surface area contributed by atoms with Crippen LogP contribution in [0, 0.1) is 12.8 Å². The van der Waals surface area contributed by atoms with Crippen LogP contribution in [0.2, 0.25) is 0 Å². The van der Waals surface area contributed by atoms with E-state index in [0.29, 0.717) is 6.54 Å². The zero-order chi connectivity index (χ0) is 12.1. The summed E-state index contributed by atoms with van der Waals surface area (Å²) < 4.78 is 0. The predicted octanol–water partition coefficient (Wildman–Crippen LogP) is 0.823. The molecular formula is C12H19ClN4O. The highest BCUT2D eigenvalue weighted by Gasteiger charge is 2.20. The number of hydrogen-bond donors (Lipinski definition) is 2. The lowest BCUT2D eigenvalue weighted by Gasteiger charge is -2.21. The number of aryl methyl sites for hydroxylation is 1. The molecule has 0 aromatic carbocycles. The lowest BCUT2D eigenvalue weighted by Crippen LogP contribution is -2.40. The molecule has 6 heteroatoms. The van der Waals surface area contributed by atoms with Gasteiger partial charge in [-0.1, -0.05) is 0 Å². The van der Waals surface area contributed by atoms with Gasteiger partial charge in [-0.15, -0.1) is 12.4 Å². The number of halogens is 1. The number of carbonyl (C=O) groups is 1. The molecule has 2 heterocycles. The van der Waals surface area contributed by atoms with Gasteiger partial charge in [-0.05, 0) is 32.4 Å². The SMILES string of the molecule is Cc1nccc(CNC(=O)C2CCCNC2)n1.Cl. The van der Waals surface area contributed by atoms with Gasteiger partial charge < -0.3 is 10.6 Å². The minimum atomic E-state index is 0. The third-order valence-electron chi connectivity index (χ3n) is 2.95. The van der Waals surface area contributed by atoms with Crippen LogP contribution in [0.25, 0.3) is 0 Å². The Morgan fingerprint density at radius 3 is 3.11 bits per heavy atom. The van der Waals surface area contributed by atoms with Crippen LogP contribution >= 0.6 is 12.4 Å². The largest absolute Gasteiger partial charge is 0.350 e. The summed E-state index contributed by atoms with van der Waals surface area (Å²) in [4.78, 5) is 20.1. The van der Waals surface area contributed by atoms with Gasteiger partial charge in [-0.25, -0.2) is 9.97 Å². The van der Waals surface area contributed by atoms with E-state index in [2.05, 4.69) is 20.6 Å². The maximum absolute atomic E-state index is 11.9.